The topological polar surface area (TPSA) is 59.8 Å². The van der Waals surface area contributed by atoms with Crippen LogP contribution < -0.4 is 5.32 Å². The number of hydrogen-bond donors (Lipinski definition) is 1. The number of carbonyl (C=O) groups is 1. The minimum absolute atomic E-state index is 0.319. The van der Waals surface area contributed by atoms with Crippen LogP contribution >= 0.6 is 15.9 Å². The largest absolute Gasteiger partial charge is 0.322 e. The molecule has 0 saturated carbocycles. The Kier molecular flexibility index (Phi) is 3.97. The third kappa shape index (κ3) is 3.04. The van der Waals surface area contributed by atoms with Crippen LogP contribution in [0, 0.1) is 5.82 Å². The molecule has 1 N–H and O–H groups in total. The van der Waals surface area contributed by atoms with Gasteiger partial charge in [-0.25, -0.2) is 14.1 Å². The quantitative estimate of drug-likeness (QED) is 0.778. The van der Waals surface area contributed by atoms with Gasteiger partial charge in [0.05, 0.1) is 11.3 Å². The molecule has 1 aromatic heterocycles. The van der Waals surface area contributed by atoms with Crippen molar-refractivity contribution in [3.8, 4) is 5.69 Å². The van der Waals surface area contributed by atoms with Gasteiger partial charge in [0, 0.05) is 10.2 Å². The predicted molar refractivity (Wildman–Crippen MR) is 83.4 cm³/mol. The predicted octanol–water partition coefficient (Wildman–Crippen LogP) is 3.42. The molecule has 3 aromatic rings. The van der Waals surface area contributed by atoms with Crippen molar-refractivity contribution in [2.45, 2.75) is 0 Å². The van der Waals surface area contributed by atoms with Crippen molar-refractivity contribution in [1.29, 1.82) is 0 Å². The molecule has 110 valence electrons. The number of hydrogen-bond acceptors (Lipinski definition) is 3. The molecule has 1 heterocycles. The van der Waals surface area contributed by atoms with Gasteiger partial charge in [-0.2, -0.15) is 5.10 Å². The molecule has 22 heavy (non-hydrogen) atoms. The SMILES string of the molecule is O=C(Nc1ccc(-n2cncn2)cc1)c1ccc(F)cc1Br. The third-order valence-corrected chi connectivity index (χ3v) is 3.64. The van der Waals surface area contributed by atoms with Crippen LogP contribution in [0.4, 0.5) is 10.1 Å². The number of amides is 1. The summed E-state index contributed by atoms with van der Waals surface area (Å²) < 4.78 is 15.1. The summed E-state index contributed by atoms with van der Waals surface area (Å²) in [4.78, 5) is 16.0. The van der Waals surface area contributed by atoms with E-state index in [1.54, 1.807) is 23.1 Å². The van der Waals surface area contributed by atoms with Crippen molar-refractivity contribution in [3.05, 3.63) is 71.0 Å². The maximum atomic E-state index is 13.0. The van der Waals surface area contributed by atoms with Crippen LogP contribution in [-0.4, -0.2) is 20.7 Å². The Labute approximate surface area is 133 Å². The first-order chi connectivity index (χ1) is 10.6. The first-order valence-corrected chi connectivity index (χ1v) is 7.14. The average molecular weight is 361 g/mol. The van der Waals surface area contributed by atoms with Crippen LogP contribution in [0.25, 0.3) is 5.69 Å². The molecule has 0 bridgehead atoms. The molecule has 5 nitrogen and oxygen atoms in total. The number of benzene rings is 2. The Balaban J connectivity index is 1.77. The molecule has 7 heteroatoms. The van der Waals surface area contributed by atoms with Crippen LogP contribution in [0.15, 0.2) is 59.6 Å². The Morgan fingerprint density at radius 2 is 1.95 bits per heavy atom. The molecule has 0 spiro atoms. The van der Waals surface area contributed by atoms with Crippen molar-refractivity contribution in [2.24, 2.45) is 0 Å². The fraction of sp³-hybridized carbons (Fsp3) is 0. The highest BCUT2D eigenvalue weighted by molar-refractivity contribution is 9.10. The second-order valence-electron chi connectivity index (χ2n) is 4.47. The van der Waals surface area contributed by atoms with Gasteiger partial charge >= 0.3 is 0 Å². The molecule has 0 aliphatic carbocycles. The third-order valence-electron chi connectivity index (χ3n) is 2.98. The molecule has 3 rings (SSSR count). The number of halogens is 2. The highest BCUT2D eigenvalue weighted by Crippen LogP contribution is 2.20. The Morgan fingerprint density at radius 1 is 1.18 bits per heavy atom. The summed E-state index contributed by atoms with van der Waals surface area (Å²) in [5, 5.41) is 6.78. The first kappa shape index (κ1) is 14.4. The monoisotopic (exact) mass is 360 g/mol. The van der Waals surface area contributed by atoms with Crippen LogP contribution in [0.5, 0.6) is 0 Å². The van der Waals surface area contributed by atoms with Crippen LogP contribution in [-0.2, 0) is 0 Å². The fourth-order valence-electron chi connectivity index (χ4n) is 1.91. The lowest BCUT2D eigenvalue weighted by Crippen LogP contribution is -2.12. The zero-order chi connectivity index (χ0) is 15.5. The summed E-state index contributed by atoms with van der Waals surface area (Å²) in [6, 6.07) is 11.1. The lowest BCUT2D eigenvalue weighted by atomic mass is 10.2. The van der Waals surface area contributed by atoms with Crippen LogP contribution in [0.2, 0.25) is 0 Å². The van der Waals surface area contributed by atoms with Gasteiger partial charge < -0.3 is 5.32 Å². The van der Waals surface area contributed by atoms with E-state index in [2.05, 4.69) is 31.3 Å². The van der Waals surface area contributed by atoms with Gasteiger partial charge in [0.1, 0.15) is 18.5 Å². The Morgan fingerprint density at radius 3 is 2.59 bits per heavy atom. The highest BCUT2D eigenvalue weighted by Gasteiger charge is 2.11. The average Bonchev–Trinajstić information content (AvgIpc) is 3.02. The summed E-state index contributed by atoms with van der Waals surface area (Å²) in [7, 11) is 0. The maximum Gasteiger partial charge on any atom is 0.256 e. The van der Waals surface area contributed by atoms with E-state index < -0.39 is 5.82 Å². The van der Waals surface area contributed by atoms with E-state index in [1.165, 1.54) is 24.5 Å². The number of aromatic nitrogens is 3. The molecule has 2 aromatic carbocycles. The highest BCUT2D eigenvalue weighted by atomic mass is 79.9. The number of nitrogens with one attached hydrogen (secondary N) is 1. The number of nitrogens with zero attached hydrogens (tertiary/aromatic N) is 3. The fourth-order valence-corrected chi connectivity index (χ4v) is 2.44. The summed E-state index contributed by atoms with van der Waals surface area (Å²) in [5.41, 5.74) is 1.82. The molecule has 1 amide bonds. The Hall–Kier alpha value is -2.54. The van der Waals surface area contributed by atoms with Crippen LogP contribution in [0.3, 0.4) is 0 Å². The first-order valence-electron chi connectivity index (χ1n) is 6.35. The molecule has 0 saturated heterocycles. The van der Waals surface area contributed by atoms with Gasteiger partial charge in [0.25, 0.3) is 5.91 Å². The van der Waals surface area contributed by atoms with Crippen LogP contribution in [0.1, 0.15) is 10.4 Å². The van der Waals surface area contributed by atoms with Gasteiger partial charge in [-0.3, -0.25) is 4.79 Å². The number of anilines is 1. The zero-order valence-electron chi connectivity index (χ0n) is 11.2. The van der Waals surface area contributed by atoms with Crippen molar-refractivity contribution in [1.82, 2.24) is 14.8 Å². The maximum absolute atomic E-state index is 13.0. The van der Waals surface area contributed by atoms with Crippen molar-refractivity contribution in [2.75, 3.05) is 5.32 Å². The summed E-state index contributed by atoms with van der Waals surface area (Å²) in [6.45, 7) is 0. The molecule has 0 fully saturated rings. The van der Waals surface area contributed by atoms with Crippen molar-refractivity contribution < 1.29 is 9.18 Å². The lowest BCUT2D eigenvalue weighted by Gasteiger charge is -2.08. The molecule has 0 radical (unpaired) electrons. The van der Waals surface area contributed by atoms with Gasteiger partial charge in [-0.05, 0) is 58.4 Å². The smallest absolute Gasteiger partial charge is 0.256 e. The second-order valence-corrected chi connectivity index (χ2v) is 5.32. The van der Waals surface area contributed by atoms with Crippen molar-refractivity contribution in [3.63, 3.8) is 0 Å². The Bertz CT molecular complexity index is 803. The van der Waals surface area contributed by atoms with Gasteiger partial charge in [0.15, 0.2) is 0 Å². The normalized spacial score (nSPS) is 10.5. The van der Waals surface area contributed by atoms with Gasteiger partial charge in [-0.15, -0.1) is 0 Å². The zero-order valence-corrected chi connectivity index (χ0v) is 12.8. The number of carbonyl (C=O) groups excluding carboxylic acids is 1. The molecule has 0 atom stereocenters. The molecule has 0 aliphatic heterocycles. The molecule has 0 unspecified atom stereocenters. The molecular formula is C15H10BrFN4O. The van der Waals surface area contributed by atoms with Crippen molar-refractivity contribution >= 4 is 27.5 Å². The summed E-state index contributed by atoms with van der Waals surface area (Å²) in [5.74, 6) is -0.721. The van der Waals surface area contributed by atoms with Gasteiger partial charge in [0.2, 0.25) is 0 Å². The lowest BCUT2D eigenvalue weighted by molar-refractivity contribution is 0.102. The summed E-state index contributed by atoms with van der Waals surface area (Å²) in [6.07, 6.45) is 3.03. The molecule has 0 aliphatic rings. The van der Waals surface area contributed by atoms with E-state index in [1.807, 2.05) is 12.1 Å². The van der Waals surface area contributed by atoms with E-state index in [0.717, 1.165) is 5.69 Å². The van der Waals surface area contributed by atoms with Gasteiger partial charge in [-0.1, -0.05) is 0 Å². The second kappa shape index (κ2) is 6.07. The molecular weight excluding hydrogens is 351 g/mol. The van der Waals surface area contributed by atoms with E-state index in [0.29, 0.717) is 15.7 Å². The van der Waals surface area contributed by atoms with E-state index >= 15 is 0 Å². The van der Waals surface area contributed by atoms with E-state index in [-0.39, 0.29) is 5.91 Å². The standard InChI is InChI=1S/C15H10BrFN4O/c16-14-7-10(17)1-6-13(14)15(22)20-11-2-4-12(5-3-11)21-9-18-8-19-21/h1-9H,(H,20,22). The van der Waals surface area contributed by atoms with E-state index in [9.17, 15) is 9.18 Å². The van der Waals surface area contributed by atoms with E-state index in [4.69, 9.17) is 0 Å². The minimum Gasteiger partial charge on any atom is -0.322 e. The number of rotatable bonds is 3. The minimum atomic E-state index is -0.402. The summed E-state index contributed by atoms with van der Waals surface area (Å²) >= 11 is 3.18.